The molecule has 1 heterocycles. The fourth-order valence-corrected chi connectivity index (χ4v) is 3.46. The molecule has 7 nitrogen and oxygen atoms in total. The summed E-state index contributed by atoms with van der Waals surface area (Å²) >= 11 is 0. The Morgan fingerprint density at radius 3 is 2.71 bits per heavy atom. The zero-order valence-electron chi connectivity index (χ0n) is 16.7. The van der Waals surface area contributed by atoms with Crippen molar-refractivity contribution in [2.75, 3.05) is 5.32 Å². The lowest BCUT2D eigenvalue weighted by molar-refractivity contribution is 0.100. The van der Waals surface area contributed by atoms with E-state index in [0.717, 1.165) is 16.7 Å². The number of fused-ring (bicyclic) bond motifs is 1. The monoisotopic (exact) mass is 417 g/mol. The highest BCUT2D eigenvalue weighted by atomic mass is 19.1. The predicted octanol–water partition coefficient (Wildman–Crippen LogP) is 4.10. The number of nitrogens with one attached hydrogen (secondary N) is 3. The number of hydrogen-bond acceptors (Lipinski definition) is 3. The minimum absolute atomic E-state index is 0.107. The van der Waals surface area contributed by atoms with Gasteiger partial charge in [-0.3, -0.25) is 9.89 Å². The molecule has 31 heavy (non-hydrogen) atoms. The summed E-state index contributed by atoms with van der Waals surface area (Å²) in [7, 11) is 0. The number of aromatic nitrogens is 2. The van der Waals surface area contributed by atoms with Crippen LogP contribution in [0.25, 0.3) is 22.2 Å². The summed E-state index contributed by atoms with van der Waals surface area (Å²) in [6, 6.07) is 16.5. The summed E-state index contributed by atoms with van der Waals surface area (Å²) in [5.74, 6) is -1.06. The van der Waals surface area contributed by atoms with E-state index in [1.54, 1.807) is 24.3 Å². The number of carbonyl (C=O) groups is 2. The third-order valence-electron chi connectivity index (χ3n) is 4.94. The van der Waals surface area contributed by atoms with Crippen molar-refractivity contribution in [2.45, 2.75) is 13.5 Å². The first-order chi connectivity index (χ1) is 14.9. The predicted molar refractivity (Wildman–Crippen MR) is 117 cm³/mol. The number of halogens is 1. The van der Waals surface area contributed by atoms with Crippen molar-refractivity contribution in [3.63, 3.8) is 0 Å². The van der Waals surface area contributed by atoms with E-state index in [2.05, 4.69) is 20.8 Å². The molecule has 8 heteroatoms. The Morgan fingerprint density at radius 2 is 1.90 bits per heavy atom. The average molecular weight is 417 g/mol. The summed E-state index contributed by atoms with van der Waals surface area (Å²) in [6.45, 7) is 1.98. The lowest BCUT2D eigenvalue weighted by Crippen LogP contribution is -2.28. The van der Waals surface area contributed by atoms with Crippen molar-refractivity contribution < 1.29 is 14.0 Å². The summed E-state index contributed by atoms with van der Waals surface area (Å²) < 4.78 is 13.9. The Kier molecular flexibility index (Phi) is 5.36. The molecule has 1 aromatic heterocycles. The number of nitrogens with two attached hydrogens (primary N) is 1. The summed E-state index contributed by atoms with van der Waals surface area (Å²) in [5.41, 5.74) is 9.60. The number of aryl methyl sites for hydroxylation is 1. The van der Waals surface area contributed by atoms with Gasteiger partial charge in [-0.05, 0) is 42.3 Å². The van der Waals surface area contributed by atoms with Gasteiger partial charge in [-0.15, -0.1) is 0 Å². The Morgan fingerprint density at radius 1 is 1.10 bits per heavy atom. The van der Waals surface area contributed by atoms with Crippen LogP contribution < -0.4 is 16.4 Å². The Bertz CT molecular complexity index is 1300. The quantitative estimate of drug-likeness (QED) is 0.392. The van der Waals surface area contributed by atoms with Gasteiger partial charge >= 0.3 is 6.03 Å². The van der Waals surface area contributed by atoms with Crippen LogP contribution in [0.2, 0.25) is 0 Å². The molecule has 0 bridgehead atoms. The van der Waals surface area contributed by atoms with Crippen molar-refractivity contribution in [2.24, 2.45) is 5.73 Å². The molecule has 0 unspecified atom stereocenters. The number of benzene rings is 3. The molecule has 0 spiro atoms. The zero-order valence-corrected chi connectivity index (χ0v) is 16.7. The molecule has 3 amide bonds. The third kappa shape index (κ3) is 4.09. The normalized spacial score (nSPS) is 10.8. The number of hydrogen-bond donors (Lipinski definition) is 4. The summed E-state index contributed by atoms with van der Waals surface area (Å²) in [6.07, 6.45) is 0. The molecule has 0 aliphatic rings. The van der Waals surface area contributed by atoms with Gasteiger partial charge < -0.3 is 16.4 Å². The highest BCUT2D eigenvalue weighted by Gasteiger charge is 2.17. The SMILES string of the molecule is Cc1ccc(F)c(NC(=O)NCc2ccccc2-c2n[nH]c3cccc(C(N)=O)c23)c1. The molecule has 0 radical (unpaired) electrons. The first-order valence-corrected chi connectivity index (χ1v) is 9.60. The van der Waals surface area contributed by atoms with E-state index in [1.165, 1.54) is 6.07 Å². The molecule has 156 valence electrons. The fourth-order valence-electron chi connectivity index (χ4n) is 3.46. The van der Waals surface area contributed by atoms with E-state index in [9.17, 15) is 14.0 Å². The molecule has 5 N–H and O–H groups in total. The molecule has 0 saturated carbocycles. The van der Waals surface area contributed by atoms with Crippen molar-refractivity contribution in [3.05, 3.63) is 83.2 Å². The van der Waals surface area contributed by atoms with Gasteiger partial charge in [-0.2, -0.15) is 5.10 Å². The van der Waals surface area contributed by atoms with Crippen LogP contribution in [0.5, 0.6) is 0 Å². The van der Waals surface area contributed by atoms with E-state index in [1.807, 2.05) is 37.3 Å². The van der Waals surface area contributed by atoms with Crippen LogP contribution in [0.3, 0.4) is 0 Å². The van der Waals surface area contributed by atoms with Gasteiger partial charge in [0.15, 0.2) is 0 Å². The van der Waals surface area contributed by atoms with Crippen LogP contribution in [0.1, 0.15) is 21.5 Å². The van der Waals surface area contributed by atoms with Crippen molar-refractivity contribution in [1.29, 1.82) is 0 Å². The van der Waals surface area contributed by atoms with Gasteiger partial charge in [0.1, 0.15) is 11.5 Å². The standard InChI is InChI=1S/C23H20FN5O2/c1-13-9-10-17(24)19(11-13)27-23(31)26-12-14-5-2-3-6-15(14)21-20-16(22(25)30)7-4-8-18(20)28-29-21/h2-11H,12H2,1H3,(H2,25,30)(H,28,29)(H2,26,27,31). The highest BCUT2D eigenvalue weighted by molar-refractivity contribution is 6.10. The molecule has 0 aliphatic carbocycles. The van der Waals surface area contributed by atoms with E-state index in [4.69, 9.17) is 5.73 Å². The van der Waals surface area contributed by atoms with Crippen molar-refractivity contribution >= 4 is 28.5 Å². The van der Waals surface area contributed by atoms with Gasteiger partial charge in [0.2, 0.25) is 5.91 Å². The number of primary amides is 1. The average Bonchev–Trinajstić information content (AvgIpc) is 3.19. The summed E-state index contributed by atoms with van der Waals surface area (Å²) in [5, 5.41) is 13.2. The molecule has 3 aromatic carbocycles. The minimum atomic E-state index is -0.552. The Hall–Kier alpha value is -4.20. The third-order valence-corrected chi connectivity index (χ3v) is 4.94. The van der Waals surface area contributed by atoms with Crippen LogP contribution in [0.15, 0.2) is 60.7 Å². The van der Waals surface area contributed by atoms with E-state index in [-0.39, 0.29) is 12.2 Å². The second kappa shape index (κ2) is 8.27. The number of amides is 3. The maximum Gasteiger partial charge on any atom is 0.319 e. The summed E-state index contributed by atoms with van der Waals surface area (Å²) in [4.78, 5) is 24.2. The minimum Gasteiger partial charge on any atom is -0.366 e. The number of rotatable bonds is 5. The lowest BCUT2D eigenvalue weighted by atomic mass is 9.99. The molecule has 4 rings (SSSR count). The molecule has 0 aliphatic heterocycles. The van der Waals surface area contributed by atoms with Crippen molar-refractivity contribution in [1.82, 2.24) is 15.5 Å². The van der Waals surface area contributed by atoms with Crippen LogP contribution in [-0.2, 0) is 6.54 Å². The highest BCUT2D eigenvalue weighted by Crippen LogP contribution is 2.31. The Balaban J connectivity index is 1.60. The number of H-pyrrole nitrogens is 1. The van der Waals surface area contributed by atoms with E-state index >= 15 is 0 Å². The number of aromatic amines is 1. The van der Waals surface area contributed by atoms with Gasteiger partial charge in [-0.25, -0.2) is 9.18 Å². The van der Waals surface area contributed by atoms with E-state index in [0.29, 0.717) is 22.2 Å². The molecule has 0 saturated heterocycles. The molecule has 4 aromatic rings. The second-order valence-electron chi connectivity index (χ2n) is 7.11. The lowest BCUT2D eigenvalue weighted by Gasteiger charge is -2.12. The maximum atomic E-state index is 13.9. The van der Waals surface area contributed by atoms with Gasteiger partial charge in [0, 0.05) is 17.5 Å². The molecule has 0 fully saturated rings. The number of anilines is 1. The van der Waals surface area contributed by atoms with Crippen LogP contribution in [-0.4, -0.2) is 22.1 Å². The fraction of sp³-hybridized carbons (Fsp3) is 0.0870. The zero-order chi connectivity index (χ0) is 22.0. The second-order valence-corrected chi connectivity index (χ2v) is 7.11. The number of nitrogens with zero attached hydrogens (tertiary/aromatic N) is 1. The molecular weight excluding hydrogens is 397 g/mol. The van der Waals surface area contributed by atoms with E-state index < -0.39 is 17.8 Å². The first-order valence-electron chi connectivity index (χ1n) is 9.60. The van der Waals surface area contributed by atoms with Crippen LogP contribution in [0.4, 0.5) is 14.9 Å². The van der Waals surface area contributed by atoms with Crippen molar-refractivity contribution in [3.8, 4) is 11.3 Å². The van der Waals surface area contributed by atoms with Gasteiger partial charge in [0.25, 0.3) is 0 Å². The Labute approximate surface area is 177 Å². The number of urea groups is 1. The molecule has 0 atom stereocenters. The topological polar surface area (TPSA) is 113 Å². The van der Waals surface area contributed by atoms with Gasteiger partial charge in [-0.1, -0.05) is 36.4 Å². The van der Waals surface area contributed by atoms with Gasteiger partial charge in [0.05, 0.1) is 16.8 Å². The molecular formula is C23H20FN5O2. The smallest absolute Gasteiger partial charge is 0.319 e. The van der Waals surface area contributed by atoms with Crippen LogP contribution in [0, 0.1) is 12.7 Å². The maximum absolute atomic E-state index is 13.9. The first kappa shape index (κ1) is 20.1. The van der Waals surface area contributed by atoms with Crippen LogP contribution >= 0.6 is 0 Å². The number of carbonyl (C=O) groups excluding carboxylic acids is 2. The largest absolute Gasteiger partial charge is 0.366 e.